The zero-order valence-electron chi connectivity index (χ0n) is 8.96. The van der Waals surface area contributed by atoms with E-state index >= 15 is 0 Å². The maximum Gasteiger partial charge on any atom is 0.200 e. The van der Waals surface area contributed by atoms with Gasteiger partial charge in [0.25, 0.3) is 0 Å². The third kappa shape index (κ3) is 2.01. The van der Waals surface area contributed by atoms with Gasteiger partial charge in [-0.15, -0.1) is 0 Å². The number of halogens is 5. The molecule has 18 heavy (non-hydrogen) atoms. The molecular weight excluding hydrogens is 259 g/mol. The normalized spacial score (nSPS) is 17.4. The van der Waals surface area contributed by atoms with Crippen molar-refractivity contribution in [1.29, 1.82) is 0 Å². The number of aliphatic hydroxyl groups is 1. The van der Waals surface area contributed by atoms with Gasteiger partial charge < -0.3 is 15.7 Å². The molecule has 0 saturated carbocycles. The van der Waals surface area contributed by atoms with Gasteiger partial charge >= 0.3 is 0 Å². The summed E-state index contributed by atoms with van der Waals surface area (Å²) >= 11 is 0. The summed E-state index contributed by atoms with van der Waals surface area (Å²) in [5.41, 5.74) is -2.38. The largest absolute Gasteiger partial charge is 0.385 e. The predicted octanol–water partition coefficient (Wildman–Crippen LogP) is 1.13. The molecule has 0 spiro atoms. The molecule has 1 fully saturated rings. The Balaban J connectivity index is 2.27. The lowest BCUT2D eigenvalue weighted by atomic mass is 9.97. The molecule has 0 atom stereocenters. The Morgan fingerprint density at radius 3 is 1.78 bits per heavy atom. The minimum atomic E-state index is -2.21. The average molecular weight is 268 g/mol. The topological polar surface area (TPSA) is 44.3 Å². The number of hydrogen-bond acceptors (Lipinski definition) is 3. The van der Waals surface area contributed by atoms with Crippen molar-refractivity contribution in [2.24, 2.45) is 0 Å². The highest BCUT2D eigenvalue weighted by Crippen LogP contribution is 2.27. The van der Waals surface area contributed by atoms with Crippen LogP contribution in [0.4, 0.5) is 27.6 Å². The molecule has 3 N–H and O–H groups in total. The van der Waals surface area contributed by atoms with E-state index in [9.17, 15) is 27.1 Å². The monoisotopic (exact) mass is 268 g/mol. The highest BCUT2D eigenvalue weighted by atomic mass is 19.2. The lowest BCUT2D eigenvalue weighted by molar-refractivity contribution is 0.00300. The van der Waals surface area contributed by atoms with Crippen LogP contribution in [0.3, 0.4) is 0 Å². The van der Waals surface area contributed by atoms with Gasteiger partial charge in [0, 0.05) is 19.6 Å². The van der Waals surface area contributed by atoms with Gasteiger partial charge in [0.05, 0.1) is 0 Å². The fourth-order valence-electron chi connectivity index (χ4n) is 1.55. The number of anilines is 1. The molecule has 8 heteroatoms. The number of benzene rings is 1. The molecule has 100 valence electrons. The molecule has 0 aliphatic carbocycles. The van der Waals surface area contributed by atoms with Crippen molar-refractivity contribution in [2.75, 3.05) is 25.0 Å². The van der Waals surface area contributed by atoms with E-state index in [4.69, 9.17) is 0 Å². The zero-order valence-corrected chi connectivity index (χ0v) is 8.96. The Morgan fingerprint density at radius 2 is 1.39 bits per heavy atom. The molecule has 0 radical (unpaired) electrons. The lowest BCUT2D eigenvalue weighted by Crippen LogP contribution is -2.63. The minimum Gasteiger partial charge on any atom is -0.385 e. The fourth-order valence-corrected chi connectivity index (χ4v) is 1.55. The molecule has 0 aromatic heterocycles. The standard InChI is InChI=1S/C10H9F5N2O/c11-4-5(12)7(14)9(8(15)6(4)13)17-3-10(18)1-16-2-10/h16-18H,1-3H2. The van der Waals surface area contributed by atoms with Crippen LogP contribution in [-0.2, 0) is 0 Å². The van der Waals surface area contributed by atoms with Crippen molar-refractivity contribution in [1.82, 2.24) is 5.32 Å². The van der Waals surface area contributed by atoms with Gasteiger partial charge in [0.1, 0.15) is 11.3 Å². The predicted molar refractivity (Wildman–Crippen MR) is 52.5 cm³/mol. The summed E-state index contributed by atoms with van der Waals surface area (Å²) in [6.45, 7) is 0.0309. The van der Waals surface area contributed by atoms with E-state index in [0.29, 0.717) is 0 Å². The average Bonchev–Trinajstić information content (AvgIpc) is 2.31. The summed E-state index contributed by atoms with van der Waals surface area (Å²) in [4.78, 5) is 0. The van der Waals surface area contributed by atoms with E-state index in [-0.39, 0.29) is 19.6 Å². The Labute approximate surface area is 98.6 Å². The van der Waals surface area contributed by atoms with Crippen molar-refractivity contribution < 1.29 is 27.1 Å². The number of nitrogens with one attached hydrogen (secondary N) is 2. The van der Waals surface area contributed by atoms with E-state index < -0.39 is 40.4 Å². The molecule has 1 aliphatic rings. The molecule has 1 saturated heterocycles. The summed E-state index contributed by atoms with van der Waals surface area (Å²) in [5, 5.41) is 14.4. The Kier molecular flexibility index (Phi) is 3.16. The van der Waals surface area contributed by atoms with Gasteiger partial charge in [-0.3, -0.25) is 0 Å². The third-order valence-electron chi connectivity index (χ3n) is 2.71. The molecule has 0 amide bonds. The lowest BCUT2D eigenvalue weighted by Gasteiger charge is -2.37. The van der Waals surface area contributed by atoms with Crippen LogP contribution < -0.4 is 10.6 Å². The highest BCUT2D eigenvalue weighted by Gasteiger charge is 2.35. The SMILES string of the molecule is OC1(CNc2c(F)c(F)c(F)c(F)c2F)CNC1. The second-order valence-corrected chi connectivity index (χ2v) is 4.13. The van der Waals surface area contributed by atoms with E-state index in [1.165, 1.54) is 0 Å². The van der Waals surface area contributed by atoms with Crippen LogP contribution in [-0.4, -0.2) is 30.3 Å². The zero-order chi connectivity index (χ0) is 13.5. The molecule has 1 heterocycles. The van der Waals surface area contributed by atoms with Crippen LogP contribution in [0.25, 0.3) is 0 Å². The van der Waals surface area contributed by atoms with Gasteiger partial charge in [0.2, 0.25) is 5.82 Å². The molecule has 1 aromatic carbocycles. The third-order valence-corrected chi connectivity index (χ3v) is 2.71. The Morgan fingerprint density at radius 1 is 0.944 bits per heavy atom. The van der Waals surface area contributed by atoms with Crippen LogP contribution in [0, 0.1) is 29.1 Å². The maximum atomic E-state index is 13.2. The molecular formula is C10H9F5N2O. The fraction of sp³-hybridized carbons (Fsp3) is 0.400. The first-order valence-electron chi connectivity index (χ1n) is 5.04. The van der Waals surface area contributed by atoms with Gasteiger partial charge in [-0.2, -0.15) is 0 Å². The Hall–Kier alpha value is -1.41. The summed E-state index contributed by atoms with van der Waals surface area (Å²) in [6, 6.07) is 0. The maximum absolute atomic E-state index is 13.2. The first-order chi connectivity index (χ1) is 8.36. The minimum absolute atomic E-state index is 0.176. The molecule has 1 aromatic rings. The first kappa shape index (κ1) is 13.0. The highest BCUT2D eigenvalue weighted by molar-refractivity contribution is 5.48. The van der Waals surface area contributed by atoms with Crippen molar-refractivity contribution >= 4 is 5.69 Å². The van der Waals surface area contributed by atoms with Crippen LogP contribution in [0.2, 0.25) is 0 Å². The summed E-state index contributed by atoms with van der Waals surface area (Å²) in [6.07, 6.45) is 0. The summed E-state index contributed by atoms with van der Waals surface area (Å²) < 4.78 is 64.9. The first-order valence-corrected chi connectivity index (χ1v) is 5.04. The van der Waals surface area contributed by atoms with Crippen molar-refractivity contribution in [3.8, 4) is 0 Å². The van der Waals surface area contributed by atoms with Crippen LogP contribution in [0.5, 0.6) is 0 Å². The van der Waals surface area contributed by atoms with Gasteiger partial charge in [-0.05, 0) is 0 Å². The number of β-amino-alcohol motifs (C(OH)–C–C–N with tert-alkyl or cyclic N) is 1. The van der Waals surface area contributed by atoms with Gasteiger partial charge in [0.15, 0.2) is 23.3 Å². The van der Waals surface area contributed by atoms with Gasteiger partial charge in [-0.25, -0.2) is 22.0 Å². The molecule has 0 unspecified atom stereocenters. The van der Waals surface area contributed by atoms with Crippen molar-refractivity contribution in [3.63, 3.8) is 0 Å². The molecule has 2 rings (SSSR count). The van der Waals surface area contributed by atoms with E-state index in [0.717, 1.165) is 0 Å². The quantitative estimate of drug-likeness (QED) is 0.437. The van der Waals surface area contributed by atoms with Crippen molar-refractivity contribution in [3.05, 3.63) is 29.1 Å². The van der Waals surface area contributed by atoms with Crippen LogP contribution in [0.15, 0.2) is 0 Å². The van der Waals surface area contributed by atoms with E-state index in [1.54, 1.807) is 0 Å². The van der Waals surface area contributed by atoms with Gasteiger partial charge in [-0.1, -0.05) is 0 Å². The molecule has 1 aliphatic heterocycles. The second-order valence-electron chi connectivity index (χ2n) is 4.13. The van der Waals surface area contributed by atoms with Crippen molar-refractivity contribution in [2.45, 2.75) is 5.60 Å². The van der Waals surface area contributed by atoms with Crippen LogP contribution >= 0.6 is 0 Å². The van der Waals surface area contributed by atoms with E-state index in [1.807, 2.05) is 5.32 Å². The summed E-state index contributed by atoms with van der Waals surface area (Å²) in [7, 11) is 0. The smallest absolute Gasteiger partial charge is 0.200 e. The molecule has 0 bridgehead atoms. The number of rotatable bonds is 3. The second kappa shape index (κ2) is 4.36. The van der Waals surface area contributed by atoms with Crippen LogP contribution in [0.1, 0.15) is 0 Å². The summed E-state index contributed by atoms with van der Waals surface area (Å²) in [5.74, 6) is -10.1. The number of hydrogen-bond donors (Lipinski definition) is 3. The molecule has 3 nitrogen and oxygen atoms in total. The Bertz CT molecular complexity index is 461. The van der Waals surface area contributed by atoms with E-state index in [2.05, 4.69) is 5.32 Å².